The van der Waals surface area contributed by atoms with Crippen LogP contribution in [0.1, 0.15) is 29.3 Å². The van der Waals surface area contributed by atoms with Crippen molar-refractivity contribution in [2.24, 2.45) is 0 Å². The first-order chi connectivity index (χ1) is 7.77. The van der Waals surface area contributed by atoms with E-state index in [-0.39, 0.29) is 12.0 Å². The smallest absolute Gasteiger partial charge is 0.385 e. The molecule has 17 heavy (non-hydrogen) atoms. The maximum atomic E-state index is 13.1. The summed E-state index contributed by atoms with van der Waals surface area (Å²) in [6.45, 7) is 1.53. The molecule has 0 aliphatic carbocycles. The van der Waals surface area contributed by atoms with E-state index in [1.54, 1.807) is 0 Å². The first-order valence-corrected chi connectivity index (χ1v) is 4.86. The van der Waals surface area contributed by atoms with Crippen molar-refractivity contribution in [3.63, 3.8) is 0 Å². The van der Waals surface area contributed by atoms with E-state index in [0.717, 1.165) is 6.07 Å². The van der Waals surface area contributed by atoms with Crippen molar-refractivity contribution < 1.29 is 27.5 Å². The number of ketones is 1. The molecule has 0 aliphatic heterocycles. The average molecular weight is 250 g/mol. The summed E-state index contributed by atoms with van der Waals surface area (Å²) in [5.74, 6) is -2.31. The molecule has 1 atom stereocenters. The molecule has 0 aromatic heterocycles. The molecule has 0 saturated carbocycles. The second-order valence-electron chi connectivity index (χ2n) is 3.48. The molecule has 2 nitrogen and oxygen atoms in total. The number of rotatable bonds is 3. The van der Waals surface area contributed by atoms with Crippen LogP contribution in [0.15, 0.2) is 18.2 Å². The van der Waals surface area contributed by atoms with Crippen LogP contribution in [0.5, 0.6) is 0 Å². The summed E-state index contributed by atoms with van der Waals surface area (Å²) in [5.41, 5.74) is -1.70. The molecule has 0 spiro atoms. The standard InChI is InChI=1S/C11H10F4O2/c1-2-9(16)10(17)6-3-4-7(8(12)5-6)11(13,14)15/h3-5,9,16H,2H2,1H3. The number of aliphatic hydroxyl groups excluding tert-OH is 1. The van der Waals surface area contributed by atoms with E-state index in [9.17, 15) is 27.5 Å². The number of carbonyl (C=O) groups excluding carboxylic acids is 1. The van der Waals surface area contributed by atoms with Gasteiger partial charge in [0.25, 0.3) is 0 Å². The lowest BCUT2D eigenvalue weighted by molar-refractivity contribution is -0.140. The number of Topliss-reactive ketones (excluding diaryl/α,β-unsaturated/α-hetero) is 1. The van der Waals surface area contributed by atoms with E-state index in [4.69, 9.17) is 0 Å². The Hall–Kier alpha value is -1.43. The van der Waals surface area contributed by atoms with Gasteiger partial charge in [0.1, 0.15) is 11.9 Å². The molecule has 6 heteroatoms. The number of benzene rings is 1. The Balaban J connectivity index is 3.09. The monoisotopic (exact) mass is 250 g/mol. The Morgan fingerprint density at radius 1 is 1.41 bits per heavy atom. The summed E-state index contributed by atoms with van der Waals surface area (Å²) in [7, 11) is 0. The van der Waals surface area contributed by atoms with Crippen LogP contribution in [0.25, 0.3) is 0 Å². The zero-order valence-corrected chi connectivity index (χ0v) is 8.88. The van der Waals surface area contributed by atoms with Crippen molar-refractivity contribution in [3.05, 3.63) is 35.1 Å². The van der Waals surface area contributed by atoms with Crippen molar-refractivity contribution >= 4 is 5.78 Å². The summed E-state index contributed by atoms with van der Waals surface area (Å²) >= 11 is 0. The van der Waals surface area contributed by atoms with E-state index in [2.05, 4.69) is 0 Å². The van der Waals surface area contributed by atoms with Crippen LogP contribution in [0, 0.1) is 5.82 Å². The van der Waals surface area contributed by atoms with Gasteiger partial charge in [-0.05, 0) is 18.6 Å². The summed E-state index contributed by atoms with van der Waals surface area (Å²) in [6, 6.07) is 1.84. The van der Waals surface area contributed by atoms with Crippen molar-refractivity contribution in [2.75, 3.05) is 0 Å². The molecule has 0 heterocycles. The highest BCUT2D eigenvalue weighted by Crippen LogP contribution is 2.31. The summed E-state index contributed by atoms with van der Waals surface area (Å²) in [6.07, 6.45) is -6.01. The lowest BCUT2D eigenvalue weighted by Crippen LogP contribution is -2.20. The summed E-state index contributed by atoms with van der Waals surface area (Å²) < 4.78 is 49.8. The number of hydrogen-bond acceptors (Lipinski definition) is 2. The zero-order chi connectivity index (χ0) is 13.2. The van der Waals surface area contributed by atoms with Crippen molar-refractivity contribution in [2.45, 2.75) is 25.6 Å². The van der Waals surface area contributed by atoms with Crippen LogP contribution in [-0.4, -0.2) is 17.0 Å². The van der Waals surface area contributed by atoms with Crippen molar-refractivity contribution in [1.29, 1.82) is 0 Å². The molecular formula is C11H10F4O2. The van der Waals surface area contributed by atoms with Crippen LogP contribution in [-0.2, 0) is 6.18 Å². The molecule has 0 saturated heterocycles. The lowest BCUT2D eigenvalue weighted by atomic mass is 10.0. The van der Waals surface area contributed by atoms with E-state index in [0.29, 0.717) is 12.1 Å². The maximum Gasteiger partial charge on any atom is 0.419 e. The lowest BCUT2D eigenvalue weighted by Gasteiger charge is -2.10. The molecule has 1 unspecified atom stereocenters. The topological polar surface area (TPSA) is 37.3 Å². The fraction of sp³-hybridized carbons (Fsp3) is 0.364. The fourth-order valence-corrected chi connectivity index (χ4v) is 1.28. The SMILES string of the molecule is CCC(O)C(=O)c1ccc(C(F)(F)F)c(F)c1. The molecule has 0 radical (unpaired) electrons. The van der Waals surface area contributed by atoms with E-state index in [1.165, 1.54) is 6.92 Å². The number of alkyl halides is 3. The van der Waals surface area contributed by atoms with Gasteiger partial charge in [-0.2, -0.15) is 13.2 Å². The summed E-state index contributed by atoms with van der Waals surface area (Å²) in [5, 5.41) is 9.21. The minimum absolute atomic E-state index is 0.113. The highest BCUT2D eigenvalue weighted by Gasteiger charge is 2.34. The van der Waals surface area contributed by atoms with E-state index in [1.807, 2.05) is 0 Å². The van der Waals surface area contributed by atoms with Gasteiger partial charge in [-0.3, -0.25) is 4.79 Å². The molecule has 1 N–H and O–H groups in total. The zero-order valence-electron chi connectivity index (χ0n) is 8.88. The molecule has 1 aromatic rings. The van der Waals surface area contributed by atoms with Crippen LogP contribution in [0.2, 0.25) is 0 Å². The molecule has 94 valence electrons. The molecule has 1 aromatic carbocycles. The van der Waals surface area contributed by atoms with Gasteiger partial charge in [0.15, 0.2) is 5.78 Å². The molecule has 0 bridgehead atoms. The molecule has 0 aliphatic rings. The van der Waals surface area contributed by atoms with Gasteiger partial charge in [0.2, 0.25) is 0 Å². The van der Waals surface area contributed by atoms with Crippen LogP contribution in [0.3, 0.4) is 0 Å². The Labute approximate surface area is 94.9 Å². The Kier molecular flexibility index (Phi) is 3.87. The van der Waals surface area contributed by atoms with Gasteiger partial charge >= 0.3 is 6.18 Å². The van der Waals surface area contributed by atoms with Crippen LogP contribution in [0.4, 0.5) is 17.6 Å². The molecule has 0 fully saturated rings. The minimum Gasteiger partial charge on any atom is -0.385 e. The molecule has 0 amide bonds. The van der Waals surface area contributed by atoms with E-state index < -0.39 is 29.4 Å². The van der Waals surface area contributed by atoms with Gasteiger partial charge < -0.3 is 5.11 Å². The minimum atomic E-state index is -4.80. The van der Waals surface area contributed by atoms with Gasteiger partial charge in [-0.15, -0.1) is 0 Å². The third-order valence-electron chi connectivity index (χ3n) is 2.25. The normalized spacial score (nSPS) is 13.5. The van der Waals surface area contributed by atoms with Gasteiger partial charge in [0.05, 0.1) is 5.56 Å². The average Bonchev–Trinajstić information content (AvgIpc) is 2.25. The number of carbonyl (C=O) groups is 1. The highest BCUT2D eigenvalue weighted by atomic mass is 19.4. The van der Waals surface area contributed by atoms with Gasteiger partial charge in [0, 0.05) is 5.56 Å². The van der Waals surface area contributed by atoms with Crippen molar-refractivity contribution in [3.8, 4) is 0 Å². The maximum absolute atomic E-state index is 13.1. The largest absolute Gasteiger partial charge is 0.419 e. The quantitative estimate of drug-likeness (QED) is 0.661. The molecule has 1 rings (SSSR count). The number of halogens is 4. The van der Waals surface area contributed by atoms with Gasteiger partial charge in [-0.1, -0.05) is 13.0 Å². The van der Waals surface area contributed by atoms with Gasteiger partial charge in [-0.25, -0.2) is 4.39 Å². The first kappa shape index (κ1) is 13.6. The first-order valence-electron chi connectivity index (χ1n) is 4.86. The Bertz CT molecular complexity index is 426. The number of aliphatic hydroxyl groups is 1. The van der Waals surface area contributed by atoms with Crippen LogP contribution < -0.4 is 0 Å². The molecular weight excluding hydrogens is 240 g/mol. The summed E-state index contributed by atoms with van der Waals surface area (Å²) in [4.78, 5) is 11.4. The number of hydrogen-bond donors (Lipinski definition) is 1. The second-order valence-corrected chi connectivity index (χ2v) is 3.48. The fourth-order valence-electron chi connectivity index (χ4n) is 1.28. The third kappa shape index (κ3) is 3.03. The second kappa shape index (κ2) is 4.83. The predicted octanol–water partition coefficient (Wildman–Crippen LogP) is 2.80. The van der Waals surface area contributed by atoms with E-state index >= 15 is 0 Å². The third-order valence-corrected chi connectivity index (χ3v) is 2.25. The Morgan fingerprint density at radius 2 is 2.00 bits per heavy atom. The van der Waals surface area contributed by atoms with Crippen LogP contribution >= 0.6 is 0 Å². The predicted molar refractivity (Wildman–Crippen MR) is 52.0 cm³/mol. The Morgan fingerprint density at radius 3 is 2.41 bits per heavy atom. The highest BCUT2D eigenvalue weighted by molar-refractivity contribution is 5.99. The van der Waals surface area contributed by atoms with Crippen molar-refractivity contribution in [1.82, 2.24) is 0 Å².